The summed E-state index contributed by atoms with van der Waals surface area (Å²) in [5, 5.41) is 19.6. The number of ether oxygens (including phenoxy) is 1. The number of nitro groups is 1. The molecule has 0 radical (unpaired) electrons. The van der Waals surface area contributed by atoms with Gasteiger partial charge in [0.1, 0.15) is 5.56 Å². The van der Waals surface area contributed by atoms with E-state index in [4.69, 9.17) is 9.84 Å². The lowest BCUT2D eigenvalue weighted by Crippen LogP contribution is -2.15. The molecule has 7 heteroatoms. The van der Waals surface area contributed by atoms with Crippen molar-refractivity contribution in [2.45, 2.75) is 25.7 Å². The molecule has 1 aliphatic carbocycles. The van der Waals surface area contributed by atoms with E-state index in [0.717, 1.165) is 25.3 Å². The molecule has 2 rings (SSSR count). The molecular weight excluding hydrogens is 269 g/mol. The Balaban J connectivity index is 2.13. The summed E-state index contributed by atoms with van der Waals surface area (Å²) >= 11 is 0. The quantitative estimate of drug-likeness (QED) is 0.640. The first-order valence-corrected chi connectivity index (χ1v) is 6.33. The van der Waals surface area contributed by atoms with Gasteiger partial charge < -0.3 is 9.84 Å². The van der Waals surface area contributed by atoms with Crippen molar-refractivity contribution in [1.29, 1.82) is 0 Å². The second-order valence-corrected chi connectivity index (χ2v) is 4.80. The van der Waals surface area contributed by atoms with Gasteiger partial charge in [0.2, 0.25) is 0 Å². The Morgan fingerprint density at radius 2 is 2.20 bits per heavy atom. The Bertz CT molecular complexity index is 542. The van der Waals surface area contributed by atoms with E-state index >= 15 is 0 Å². The fourth-order valence-corrected chi connectivity index (χ4v) is 2.09. The van der Waals surface area contributed by atoms with Crippen LogP contribution >= 0.6 is 0 Å². The van der Waals surface area contributed by atoms with Gasteiger partial charge in [0, 0.05) is 6.07 Å². The number of nitrogens with zero attached hydrogens (tertiary/aromatic N) is 1. The normalized spacial score (nSPS) is 14.7. The zero-order chi connectivity index (χ0) is 14.7. The number of carboxylic acid groups (broad SMARTS) is 1. The highest BCUT2D eigenvalue weighted by atomic mass is 19.1. The Labute approximate surface area is 114 Å². The molecule has 6 nitrogen and oxygen atoms in total. The second kappa shape index (κ2) is 5.85. The first kappa shape index (κ1) is 14.2. The molecule has 0 bridgehead atoms. The molecule has 0 aliphatic heterocycles. The number of carboxylic acids is 1. The summed E-state index contributed by atoms with van der Waals surface area (Å²) in [5.41, 5.74) is -1.35. The zero-order valence-electron chi connectivity index (χ0n) is 10.7. The van der Waals surface area contributed by atoms with Crippen LogP contribution in [0.15, 0.2) is 12.1 Å². The van der Waals surface area contributed by atoms with Gasteiger partial charge in [-0.05, 0) is 12.3 Å². The van der Waals surface area contributed by atoms with E-state index in [1.165, 1.54) is 6.42 Å². The van der Waals surface area contributed by atoms with Crippen molar-refractivity contribution < 1.29 is 24.0 Å². The van der Waals surface area contributed by atoms with Crippen LogP contribution in [0.3, 0.4) is 0 Å². The zero-order valence-corrected chi connectivity index (χ0v) is 10.7. The van der Waals surface area contributed by atoms with Gasteiger partial charge in [0.25, 0.3) is 5.69 Å². The molecule has 20 heavy (non-hydrogen) atoms. The van der Waals surface area contributed by atoms with E-state index in [1.807, 2.05) is 0 Å². The van der Waals surface area contributed by atoms with Crippen molar-refractivity contribution in [2.75, 3.05) is 6.61 Å². The first-order valence-electron chi connectivity index (χ1n) is 6.33. The van der Waals surface area contributed by atoms with Gasteiger partial charge in [-0.25, -0.2) is 9.18 Å². The van der Waals surface area contributed by atoms with E-state index in [0.29, 0.717) is 12.0 Å². The lowest BCUT2D eigenvalue weighted by molar-refractivity contribution is -0.385. The molecule has 1 aromatic carbocycles. The maximum absolute atomic E-state index is 13.7. The molecule has 0 saturated heterocycles. The van der Waals surface area contributed by atoms with Crippen LogP contribution in [0.2, 0.25) is 0 Å². The fraction of sp³-hybridized carbons (Fsp3) is 0.462. The number of carbonyl (C=O) groups is 1. The number of halogens is 1. The molecule has 108 valence electrons. The number of hydrogen-bond acceptors (Lipinski definition) is 4. The van der Waals surface area contributed by atoms with Crippen LogP contribution in [-0.2, 0) is 0 Å². The molecule has 1 fully saturated rings. The molecule has 1 aromatic rings. The van der Waals surface area contributed by atoms with Crippen molar-refractivity contribution in [2.24, 2.45) is 5.92 Å². The lowest BCUT2D eigenvalue weighted by Gasteiger charge is -2.25. The van der Waals surface area contributed by atoms with Gasteiger partial charge in [-0.1, -0.05) is 19.3 Å². The van der Waals surface area contributed by atoms with Crippen molar-refractivity contribution in [3.8, 4) is 5.75 Å². The predicted octanol–water partition coefficient (Wildman–Crippen LogP) is 3.00. The average molecular weight is 283 g/mol. The first-order chi connectivity index (χ1) is 9.49. The average Bonchev–Trinajstić information content (AvgIpc) is 2.32. The van der Waals surface area contributed by atoms with E-state index in [2.05, 4.69) is 0 Å². The van der Waals surface area contributed by atoms with Crippen LogP contribution < -0.4 is 4.74 Å². The van der Waals surface area contributed by atoms with Crippen molar-refractivity contribution in [3.63, 3.8) is 0 Å². The monoisotopic (exact) mass is 283 g/mol. The summed E-state index contributed by atoms with van der Waals surface area (Å²) in [4.78, 5) is 20.7. The minimum Gasteiger partial charge on any atom is -0.490 e. The molecule has 1 aliphatic rings. The Hall–Kier alpha value is -2.18. The van der Waals surface area contributed by atoms with Crippen LogP contribution in [0.4, 0.5) is 10.1 Å². The summed E-state index contributed by atoms with van der Waals surface area (Å²) in [6.45, 7) is 0.276. The molecule has 0 heterocycles. The molecule has 0 atom stereocenters. The molecule has 0 amide bonds. The minimum absolute atomic E-state index is 0.257. The smallest absolute Gasteiger partial charge is 0.342 e. The number of nitro benzene ring substituents is 1. The van der Waals surface area contributed by atoms with E-state index in [1.54, 1.807) is 0 Å². The van der Waals surface area contributed by atoms with Crippen LogP contribution in [-0.4, -0.2) is 22.6 Å². The summed E-state index contributed by atoms with van der Waals surface area (Å²) in [7, 11) is 0. The molecular formula is C13H14FNO5. The summed E-state index contributed by atoms with van der Waals surface area (Å²) in [6, 6.07) is 1.46. The van der Waals surface area contributed by atoms with Gasteiger partial charge >= 0.3 is 5.97 Å². The largest absolute Gasteiger partial charge is 0.490 e. The minimum atomic E-state index is -1.49. The SMILES string of the molecule is O=C(O)c1cc(OCCC2CCC2)c(F)cc1[N+](=O)[O-]. The topological polar surface area (TPSA) is 89.7 Å². The Kier molecular flexibility index (Phi) is 4.16. The molecule has 0 aromatic heterocycles. The van der Waals surface area contributed by atoms with Crippen LogP contribution in [0.25, 0.3) is 0 Å². The molecule has 1 N–H and O–H groups in total. The Morgan fingerprint density at radius 3 is 2.70 bits per heavy atom. The van der Waals surface area contributed by atoms with E-state index in [-0.39, 0.29) is 12.4 Å². The predicted molar refractivity (Wildman–Crippen MR) is 67.5 cm³/mol. The maximum atomic E-state index is 13.7. The summed E-state index contributed by atoms with van der Waals surface area (Å²) in [6.07, 6.45) is 4.23. The van der Waals surface area contributed by atoms with Crippen LogP contribution in [0.5, 0.6) is 5.75 Å². The summed E-state index contributed by atoms with van der Waals surface area (Å²) < 4.78 is 18.9. The lowest BCUT2D eigenvalue weighted by atomic mass is 9.83. The van der Waals surface area contributed by atoms with E-state index < -0.39 is 28.0 Å². The highest BCUT2D eigenvalue weighted by molar-refractivity contribution is 5.92. The van der Waals surface area contributed by atoms with Gasteiger partial charge in [-0.3, -0.25) is 10.1 Å². The van der Waals surface area contributed by atoms with Crippen molar-refractivity contribution >= 4 is 11.7 Å². The van der Waals surface area contributed by atoms with Gasteiger partial charge in [0.15, 0.2) is 11.6 Å². The molecule has 1 saturated carbocycles. The second-order valence-electron chi connectivity index (χ2n) is 4.80. The number of aromatic carboxylic acids is 1. The third-order valence-corrected chi connectivity index (χ3v) is 3.49. The molecule has 0 unspecified atom stereocenters. The van der Waals surface area contributed by atoms with Gasteiger partial charge in [-0.15, -0.1) is 0 Å². The maximum Gasteiger partial charge on any atom is 0.342 e. The number of rotatable bonds is 6. The van der Waals surface area contributed by atoms with Crippen molar-refractivity contribution in [3.05, 3.63) is 33.6 Å². The third-order valence-electron chi connectivity index (χ3n) is 3.49. The van der Waals surface area contributed by atoms with Crippen LogP contribution in [0, 0.1) is 21.8 Å². The number of hydrogen-bond donors (Lipinski definition) is 1. The highest BCUT2D eigenvalue weighted by Crippen LogP contribution is 2.31. The fourth-order valence-electron chi connectivity index (χ4n) is 2.09. The Morgan fingerprint density at radius 1 is 1.50 bits per heavy atom. The summed E-state index contributed by atoms with van der Waals surface area (Å²) in [5.74, 6) is -2.08. The van der Waals surface area contributed by atoms with Gasteiger partial charge in [0.05, 0.1) is 17.6 Å². The highest BCUT2D eigenvalue weighted by Gasteiger charge is 2.24. The van der Waals surface area contributed by atoms with Crippen LogP contribution in [0.1, 0.15) is 36.0 Å². The van der Waals surface area contributed by atoms with Gasteiger partial charge in [-0.2, -0.15) is 0 Å². The van der Waals surface area contributed by atoms with Crippen molar-refractivity contribution in [1.82, 2.24) is 0 Å². The molecule has 0 spiro atoms. The van der Waals surface area contributed by atoms with E-state index in [9.17, 15) is 19.3 Å². The third kappa shape index (κ3) is 3.04. The standard InChI is InChI=1S/C13H14FNO5/c14-10-7-11(15(18)19)9(13(16)17)6-12(10)20-5-4-8-2-1-3-8/h6-8H,1-5H2,(H,16,17). The number of benzene rings is 1.